The van der Waals surface area contributed by atoms with E-state index in [1.54, 1.807) is 7.05 Å². The van der Waals surface area contributed by atoms with Crippen LogP contribution in [0, 0.1) is 0 Å². The standard InChI is InChI=1S/C18H32N6O.HI/c1-19-18(20-11-13-25-15-8-4-2-3-5-9-15)21-14-17-23-22-16-10-6-7-12-24(16)17;/h15H,2-14H2,1H3,(H2,19,20,21);1H. The molecule has 0 spiro atoms. The van der Waals surface area contributed by atoms with Gasteiger partial charge in [-0.25, -0.2) is 0 Å². The molecule has 1 aliphatic heterocycles. The van der Waals surface area contributed by atoms with E-state index in [1.807, 2.05) is 0 Å². The third-order valence-corrected chi connectivity index (χ3v) is 5.12. The molecule has 0 unspecified atom stereocenters. The van der Waals surface area contributed by atoms with Crippen molar-refractivity contribution in [1.29, 1.82) is 0 Å². The first-order valence-electron chi connectivity index (χ1n) is 9.84. The molecule has 1 saturated carbocycles. The van der Waals surface area contributed by atoms with Gasteiger partial charge in [0, 0.05) is 26.6 Å². The Morgan fingerprint density at radius 3 is 2.69 bits per heavy atom. The van der Waals surface area contributed by atoms with Crippen molar-refractivity contribution in [2.24, 2.45) is 4.99 Å². The minimum atomic E-state index is 0. The summed E-state index contributed by atoms with van der Waals surface area (Å²) in [6, 6.07) is 0. The van der Waals surface area contributed by atoms with Crippen LogP contribution in [0.25, 0.3) is 0 Å². The van der Waals surface area contributed by atoms with Gasteiger partial charge in [0.1, 0.15) is 5.82 Å². The third kappa shape index (κ3) is 6.37. The molecule has 1 aliphatic carbocycles. The van der Waals surface area contributed by atoms with Crippen LogP contribution in [0.3, 0.4) is 0 Å². The zero-order chi connectivity index (χ0) is 17.3. The molecule has 0 bridgehead atoms. The number of rotatable bonds is 6. The second kappa shape index (κ2) is 11.7. The maximum absolute atomic E-state index is 6.01. The van der Waals surface area contributed by atoms with Gasteiger partial charge < -0.3 is 19.9 Å². The van der Waals surface area contributed by atoms with Crippen molar-refractivity contribution < 1.29 is 4.74 Å². The van der Waals surface area contributed by atoms with Crippen LogP contribution in [0.5, 0.6) is 0 Å². The molecule has 1 fully saturated rings. The van der Waals surface area contributed by atoms with E-state index in [1.165, 1.54) is 51.4 Å². The highest BCUT2D eigenvalue weighted by Gasteiger charge is 2.16. The Bertz CT molecular complexity index is 554. The van der Waals surface area contributed by atoms with E-state index in [9.17, 15) is 0 Å². The zero-order valence-corrected chi connectivity index (χ0v) is 18.2. The number of nitrogens with one attached hydrogen (secondary N) is 2. The van der Waals surface area contributed by atoms with Crippen LogP contribution in [0.2, 0.25) is 0 Å². The molecule has 0 radical (unpaired) electrons. The van der Waals surface area contributed by atoms with Crippen LogP contribution in [0.15, 0.2) is 4.99 Å². The molecular formula is C18H33IN6O. The third-order valence-electron chi connectivity index (χ3n) is 5.12. The van der Waals surface area contributed by atoms with Crippen molar-refractivity contribution in [2.45, 2.75) is 77.0 Å². The second-order valence-corrected chi connectivity index (χ2v) is 6.98. The number of halogens is 1. The van der Waals surface area contributed by atoms with Crippen molar-refractivity contribution >= 4 is 29.9 Å². The van der Waals surface area contributed by atoms with E-state index < -0.39 is 0 Å². The predicted molar refractivity (Wildman–Crippen MR) is 114 cm³/mol. The largest absolute Gasteiger partial charge is 0.376 e. The lowest BCUT2D eigenvalue weighted by Crippen LogP contribution is -2.39. The summed E-state index contributed by atoms with van der Waals surface area (Å²) in [7, 11) is 1.79. The van der Waals surface area contributed by atoms with Crippen LogP contribution >= 0.6 is 24.0 Å². The van der Waals surface area contributed by atoms with Gasteiger partial charge in [-0.3, -0.25) is 4.99 Å². The predicted octanol–water partition coefficient (Wildman–Crippen LogP) is 2.64. The lowest BCUT2D eigenvalue weighted by Gasteiger charge is -2.17. The minimum absolute atomic E-state index is 0. The Kier molecular flexibility index (Phi) is 9.66. The van der Waals surface area contributed by atoms with Gasteiger partial charge in [0.15, 0.2) is 11.8 Å². The van der Waals surface area contributed by atoms with Gasteiger partial charge in [0.05, 0.1) is 19.3 Å². The van der Waals surface area contributed by atoms with Gasteiger partial charge in [-0.15, -0.1) is 34.2 Å². The Labute approximate surface area is 173 Å². The van der Waals surface area contributed by atoms with Gasteiger partial charge in [0.25, 0.3) is 0 Å². The Balaban J connectivity index is 0.00000243. The summed E-state index contributed by atoms with van der Waals surface area (Å²) in [5.41, 5.74) is 0. The van der Waals surface area contributed by atoms with E-state index in [-0.39, 0.29) is 24.0 Å². The average Bonchev–Trinajstić information content (AvgIpc) is 2.87. The molecule has 2 heterocycles. The normalized spacial score (nSPS) is 18.6. The molecule has 26 heavy (non-hydrogen) atoms. The molecule has 0 atom stereocenters. The summed E-state index contributed by atoms with van der Waals surface area (Å²) in [6.07, 6.45) is 11.7. The molecule has 148 valence electrons. The molecule has 8 heteroatoms. The number of ether oxygens (including phenoxy) is 1. The smallest absolute Gasteiger partial charge is 0.191 e. The summed E-state index contributed by atoms with van der Waals surface area (Å²) in [6.45, 7) is 3.18. The van der Waals surface area contributed by atoms with E-state index in [2.05, 4.69) is 30.4 Å². The number of aromatic nitrogens is 3. The fourth-order valence-electron chi connectivity index (χ4n) is 3.69. The lowest BCUT2D eigenvalue weighted by atomic mass is 10.1. The molecule has 1 aromatic heterocycles. The van der Waals surface area contributed by atoms with Crippen LogP contribution in [-0.2, 0) is 24.2 Å². The van der Waals surface area contributed by atoms with Gasteiger partial charge in [-0.05, 0) is 25.7 Å². The molecule has 1 aromatic rings. The number of nitrogens with zero attached hydrogens (tertiary/aromatic N) is 4. The summed E-state index contributed by atoms with van der Waals surface area (Å²) in [5, 5.41) is 15.3. The van der Waals surface area contributed by atoms with Crippen molar-refractivity contribution in [3.05, 3.63) is 11.6 Å². The number of fused-ring (bicyclic) bond motifs is 1. The maximum Gasteiger partial charge on any atom is 0.191 e. The van der Waals surface area contributed by atoms with Gasteiger partial charge in [-0.2, -0.15) is 0 Å². The highest BCUT2D eigenvalue weighted by molar-refractivity contribution is 14.0. The van der Waals surface area contributed by atoms with E-state index in [4.69, 9.17) is 4.74 Å². The number of hydrogen-bond donors (Lipinski definition) is 2. The summed E-state index contributed by atoms with van der Waals surface area (Å²) >= 11 is 0. The van der Waals surface area contributed by atoms with Gasteiger partial charge in [0.2, 0.25) is 0 Å². The first-order valence-corrected chi connectivity index (χ1v) is 9.84. The lowest BCUT2D eigenvalue weighted by molar-refractivity contribution is 0.0468. The first kappa shape index (κ1) is 21.4. The fourth-order valence-corrected chi connectivity index (χ4v) is 3.69. The Morgan fingerprint density at radius 1 is 1.12 bits per heavy atom. The van der Waals surface area contributed by atoms with E-state index in [0.29, 0.717) is 12.6 Å². The van der Waals surface area contributed by atoms with E-state index in [0.717, 1.165) is 43.7 Å². The number of aliphatic imine (C=N–C) groups is 1. The SMILES string of the molecule is CN=C(NCCOC1CCCCCC1)NCc1nnc2n1CCCC2.I. The quantitative estimate of drug-likeness (QED) is 0.217. The van der Waals surface area contributed by atoms with Crippen LogP contribution in [0.4, 0.5) is 0 Å². The molecule has 0 saturated heterocycles. The fraction of sp³-hybridized carbons (Fsp3) is 0.833. The first-order chi connectivity index (χ1) is 12.4. The second-order valence-electron chi connectivity index (χ2n) is 6.98. The molecule has 2 N–H and O–H groups in total. The average molecular weight is 476 g/mol. The zero-order valence-electron chi connectivity index (χ0n) is 15.9. The number of aryl methyl sites for hydroxylation is 1. The molecule has 0 amide bonds. The van der Waals surface area contributed by atoms with Gasteiger partial charge in [-0.1, -0.05) is 25.7 Å². The van der Waals surface area contributed by atoms with E-state index >= 15 is 0 Å². The maximum atomic E-state index is 6.01. The molecular weight excluding hydrogens is 443 g/mol. The highest BCUT2D eigenvalue weighted by Crippen LogP contribution is 2.19. The van der Waals surface area contributed by atoms with Crippen molar-refractivity contribution in [1.82, 2.24) is 25.4 Å². The summed E-state index contributed by atoms with van der Waals surface area (Å²) < 4.78 is 8.25. The number of hydrogen-bond acceptors (Lipinski definition) is 4. The van der Waals surface area contributed by atoms with Crippen LogP contribution in [0.1, 0.15) is 63.0 Å². The molecule has 2 aliphatic rings. The summed E-state index contributed by atoms with van der Waals surface area (Å²) in [5.74, 6) is 2.90. The highest BCUT2D eigenvalue weighted by atomic mass is 127. The van der Waals surface area contributed by atoms with Crippen LogP contribution < -0.4 is 10.6 Å². The van der Waals surface area contributed by atoms with Crippen molar-refractivity contribution in [3.63, 3.8) is 0 Å². The van der Waals surface area contributed by atoms with Crippen LogP contribution in [-0.4, -0.2) is 47.0 Å². The van der Waals surface area contributed by atoms with Crippen molar-refractivity contribution in [2.75, 3.05) is 20.2 Å². The molecule has 0 aromatic carbocycles. The number of guanidine groups is 1. The minimum Gasteiger partial charge on any atom is -0.376 e. The molecule has 3 rings (SSSR count). The van der Waals surface area contributed by atoms with Crippen molar-refractivity contribution in [3.8, 4) is 0 Å². The monoisotopic (exact) mass is 476 g/mol. The van der Waals surface area contributed by atoms with Gasteiger partial charge >= 0.3 is 0 Å². The topological polar surface area (TPSA) is 76.4 Å². The Hall–Kier alpha value is -0.900. The Morgan fingerprint density at radius 2 is 1.92 bits per heavy atom. The molecule has 7 nitrogen and oxygen atoms in total. The summed E-state index contributed by atoms with van der Waals surface area (Å²) in [4.78, 5) is 4.28.